The van der Waals surface area contributed by atoms with Crippen LogP contribution in [0.2, 0.25) is 5.15 Å². The molecule has 1 amide bonds. The van der Waals surface area contributed by atoms with Crippen molar-refractivity contribution in [2.75, 3.05) is 6.54 Å². The second kappa shape index (κ2) is 7.66. The van der Waals surface area contributed by atoms with E-state index < -0.39 is 17.7 Å². The standard InChI is InChI=1S/C15H17ClN2O4/c1-15(2,3)22-14(21)17-7-5-4-6-10-8-11(13(19)20)9-18-12(10)16/h8-9H,5,7H2,1-3H3,(H,17,21)(H,19,20). The zero-order valence-electron chi connectivity index (χ0n) is 12.6. The largest absolute Gasteiger partial charge is 0.478 e. The van der Waals surface area contributed by atoms with Gasteiger partial charge in [0.25, 0.3) is 0 Å². The van der Waals surface area contributed by atoms with Gasteiger partial charge in [-0.2, -0.15) is 0 Å². The average molecular weight is 325 g/mol. The van der Waals surface area contributed by atoms with E-state index in [1.165, 1.54) is 12.3 Å². The van der Waals surface area contributed by atoms with Crippen molar-refractivity contribution in [3.05, 3.63) is 28.5 Å². The van der Waals surface area contributed by atoms with Crippen molar-refractivity contribution >= 4 is 23.7 Å². The molecule has 1 aromatic heterocycles. The van der Waals surface area contributed by atoms with Crippen molar-refractivity contribution in [2.45, 2.75) is 32.8 Å². The second-order valence-corrected chi connectivity index (χ2v) is 5.71. The summed E-state index contributed by atoms with van der Waals surface area (Å²) in [5.41, 5.74) is -0.203. The first-order chi connectivity index (χ1) is 10.2. The molecule has 0 fully saturated rings. The molecule has 0 saturated heterocycles. The molecule has 0 unspecified atom stereocenters. The first-order valence-corrected chi connectivity index (χ1v) is 6.91. The monoisotopic (exact) mass is 324 g/mol. The van der Waals surface area contributed by atoms with Crippen LogP contribution in [0.4, 0.5) is 4.79 Å². The molecule has 0 radical (unpaired) electrons. The summed E-state index contributed by atoms with van der Waals surface area (Å²) in [5.74, 6) is 4.42. The van der Waals surface area contributed by atoms with Gasteiger partial charge < -0.3 is 15.2 Å². The van der Waals surface area contributed by atoms with Crippen LogP contribution < -0.4 is 5.32 Å². The van der Waals surface area contributed by atoms with E-state index in [4.69, 9.17) is 21.4 Å². The molecule has 22 heavy (non-hydrogen) atoms. The van der Waals surface area contributed by atoms with Gasteiger partial charge in [-0.25, -0.2) is 14.6 Å². The van der Waals surface area contributed by atoms with Gasteiger partial charge in [0.1, 0.15) is 10.8 Å². The lowest BCUT2D eigenvalue weighted by molar-refractivity contribution is 0.0528. The number of halogens is 1. The first kappa shape index (κ1) is 17.8. The average Bonchev–Trinajstić information content (AvgIpc) is 2.37. The lowest BCUT2D eigenvalue weighted by Crippen LogP contribution is -2.32. The number of hydrogen-bond donors (Lipinski definition) is 2. The Morgan fingerprint density at radius 2 is 2.14 bits per heavy atom. The Hall–Kier alpha value is -2.26. The highest BCUT2D eigenvalue weighted by atomic mass is 35.5. The fourth-order valence-electron chi connectivity index (χ4n) is 1.35. The maximum absolute atomic E-state index is 11.4. The van der Waals surface area contributed by atoms with Crippen molar-refractivity contribution in [1.29, 1.82) is 0 Å². The summed E-state index contributed by atoms with van der Waals surface area (Å²) in [7, 11) is 0. The Bertz CT molecular complexity index is 627. The molecule has 0 bridgehead atoms. The van der Waals surface area contributed by atoms with E-state index in [-0.39, 0.29) is 10.7 Å². The molecule has 1 aromatic rings. The minimum Gasteiger partial charge on any atom is -0.478 e. The molecule has 118 valence electrons. The number of ether oxygens (including phenoxy) is 1. The normalized spacial score (nSPS) is 10.4. The molecular weight excluding hydrogens is 308 g/mol. The highest BCUT2D eigenvalue weighted by Crippen LogP contribution is 2.13. The van der Waals surface area contributed by atoms with Crippen LogP contribution in [-0.4, -0.2) is 34.3 Å². The third-order valence-electron chi connectivity index (χ3n) is 2.23. The summed E-state index contributed by atoms with van der Waals surface area (Å²) < 4.78 is 5.07. The minimum atomic E-state index is -1.10. The van der Waals surface area contributed by atoms with E-state index in [0.29, 0.717) is 18.5 Å². The number of alkyl carbamates (subject to hydrolysis) is 1. The summed E-state index contributed by atoms with van der Waals surface area (Å²) in [6, 6.07) is 1.35. The highest BCUT2D eigenvalue weighted by molar-refractivity contribution is 6.30. The van der Waals surface area contributed by atoms with E-state index >= 15 is 0 Å². The molecule has 0 aliphatic rings. The highest BCUT2D eigenvalue weighted by Gasteiger charge is 2.15. The Balaban J connectivity index is 2.53. The molecular formula is C15H17ClN2O4. The number of carbonyl (C=O) groups excluding carboxylic acids is 1. The molecule has 0 aliphatic heterocycles. The van der Waals surface area contributed by atoms with Crippen molar-refractivity contribution < 1.29 is 19.4 Å². The van der Waals surface area contributed by atoms with Crippen LogP contribution in [-0.2, 0) is 4.74 Å². The van der Waals surface area contributed by atoms with E-state index in [1.807, 2.05) is 0 Å². The number of aromatic nitrogens is 1. The van der Waals surface area contributed by atoms with Gasteiger partial charge in [0, 0.05) is 19.2 Å². The summed E-state index contributed by atoms with van der Waals surface area (Å²) in [6.07, 6.45) is 1.02. The summed E-state index contributed by atoms with van der Waals surface area (Å²) in [5, 5.41) is 11.6. The second-order valence-electron chi connectivity index (χ2n) is 5.35. The molecule has 2 N–H and O–H groups in total. The van der Waals surface area contributed by atoms with Crippen LogP contribution in [0.1, 0.15) is 43.1 Å². The predicted octanol–water partition coefficient (Wildman–Crippen LogP) is 2.70. The minimum absolute atomic E-state index is 0.0144. The predicted molar refractivity (Wildman–Crippen MR) is 81.9 cm³/mol. The smallest absolute Gasteiger partial charge is 0.407 e. The molecule has 0 saturated carbocycles. The van der Waals surface area contributed by atoms with Gasteiger partial charge in [0.2, 0.25) is 0 Å². The molecule has 0 aliphatic carbocycles. The first-order valence-electron chi connectivity index (χ1n) is 6.53. The Labute approximate surface area is 133 Å². The number of pyridine rings is 1. The quantitative estimate of drug-likeness (QED) is 0.507. The molecule has 7 heteroatoms. The number of amides is 1. The SMILES string of the molecule is CC(C)(C)OC(=O)NCCC#Cc1cc(C(=O)O)cnc1Cl. The van der Waals surface area contributed by atoms with Crippen LogP contribution in [0.5, 0.6) is 0 Å². The number of nitrogens with one attached hydrogen (secondary N) is 1. The number of carboxylic acid groups (broad SMARTS) is 1. The van der Waals surface area contributed by atoms with Crippen LogP contribution in [0.25, 0.3) is 0 Å². The zero-order chi connectivity index (χ0) is 16.8. The van der Waals surface area contributed by atoms with Gasteiger partial charge in [-0.1, -0.05) is 23.4 Å². The summed E-state index contributed by atoms with van der Waals surface area (Å²) in [6.45, 7) is 5.63. The van der Waals surface area contributed by atoms with Crippen LogP contribution in [0.3, 0.4) is 0 Å². The number of nitrogens with zero attached hydrogens (tertiary/aromatic N) is 1. The molecule has 0 atom stereocenters. The molecule has 0 aromatic carbocycles. The van der Waals surface area contributed by atoms with Crippen molar-refractivity contribution in [1.82, 2.24) is 10.3 Å². The van der Waals surface area contributed by atoms with Crippen molar-refractivity contribution in [2.24, 2.45) is 0 Å². The van der Waals surface area contributed by atoms with Gasteiger partial charge in [-0.3, -0.25) is 0 Å². The molecule has 1 heterocycles. The topological polar surface area (TPSA) is 88.5 Å². The fraction of sp³-hybridized carbons (Fsp3) is 0.400. The number of rotatable bonds is 3. The van der Waals surface area contributed by atoms with E-state index in [0.717, 1.165) is 0 Å². The third-order valence-corrected chi connectivity index (χ3v) is 2.53. The van der Waals surface area contributed by atoms with Gasteiger partial charge in [0.05, 0.1) is 11.1 Å². The Morgan fingerprint density at radius 1 is 1.45 bits per heavy atom. The van der Waals surface area contributed by atoms with Crippen LogP contribution >= 0.6 is 11.6 Å². The molecule has 1 rings (SSSR count). The zero-order valence-corrected chi connectivity index (χ0v) is 13.3. The Morgan fingerprint density at radius 3 is 2.73 bits per heavy atom. The molecule has 0 spiro atoms. The lowest BCUT2D eigenvalue weighted by atomic mass is 10.2. The number of carboxylic acids is 1. The summed E-state index contributed by atoms with van der Waals surface area (Å²) >= 11 is 5.84. The maximum atomic E-state index is 11.4. The van der Waals surface area contributed by atoms with Gasteiger partial charge >= 0.3 is 12.1 Å². The third kappa shape index (κ3) is 6.46. The lowest BCUT2D eigenvalue weighted by Gasteiger charge is -2.19. The van der Waals surface area contributed by atoms with Gasteiger partial charge in [-0.05, 0) is 26.8 Å². The number of carbonyl (C=O) groups is 2. The summed E-state index contributed by atoms with van der Waals surface area (Å²) in [4.78, 5) is 26.0. The Kier molecular flexibility index (Phi) is 6.20. The molecule has 6 nitrogen and oxygen atoms in total. The van der Waals surface area contributed by atoms with Gasteiger partial charge in [0.15, 0.2) is 0 Å². The number of hydrogen-bond acceptors (Lipinski definition) is 4. The van der Waals surface area contributed by atoms with Crippen LogP contribution in [0.15, 0.2) is 12.3 Å². The van der Waals surface area contributed by atoms with Gasteiger partial charge in [-0.15, -0.1) is 0 Å². The van der Waals surface area contributed by atoms with E-state index in [2.05, 4.69) is 22.1 Å². The van der Waals surface area contributed by atoms with Crippen molar-refractivity contribution in [3.8, 4) is 11.8 Å². The number of aromatic carboxylic acids is 1. The maximum Gasteiger partial charge on any atom is 0.407 e. The fourth-order valence-corrected chi connectivity index (χ4v) is 1.50. The van der Waals surface area contributed by atoms with E-state index in [9.17, 15) is 9.59 Å². The van der Waals surface area contributed by atoms with E-state index in [1.54, 1.807) is 20.8 Å². The van der Waals surface area contributed by atoms with Crippen molar-refractivity contribution in [3.63, 3.8) is 0 Å². The van der Waals surface area contributed by atoms with Crippen LogP contribution in [0, 0.1) is 11.8 Å².